The van der Waals surface area contributed by atoms with Crippen LogP contribution >= 0.6 is 11.8 Å². The number of aliphatic imine (C=N–C) groups is 1. The van der Waals surface area contributed by atoms with Crippen LogP contribution in [0.25, 0.3) is 16.7 Å². The highest BCUT2D eigenvalue weighted by Crippen LogP contribution is 2.42. The molecule has 1 aromatic carbocycles. The molecule has 0 radical (unpaired) electrons. The van der Waals surface area contributed by atoms with Crippen LogP contribution < -0.4 is 0 Å². The summed E-state index contributed by atoms with van der Waals surface area (Å²) in [5, 5.41) is 11.7. The van der Waals surface area contributed by atoms with E-state index >= 15 is 0 Å². The number of hydrogen-bond acceptors (Lipinski definition) is 5. The van der Waals surface area contributed by atoms with Gasteiger partial charge in [-0.3, -0.25) is 4.99 Å². The van der Waals surface area contributed by atoms with Crippen LogP contribution in [0, 0.1) is 6.92 Å². The summed E-state index contributed by atoms with van der Waals surface area (Å²) in [5.74, 6) is 0. The van der Waals surface area contributed by atoms with Gasteiger partial charge in [0.15, 0.2) is 5.17 Å². The van der Waals surface area contributed by atoms with Gasteiger partial charge in [-0.2, -0.15) is 0 Å². The van der Waals surface area contributed by atoms with Crippen LogP contribution in [-0.2, 0) is 0 Å². The number of benzene rings is 1. The largest absolute Gasteiger partial charge is 0.464 e. The zero-order valence-corrected chi connectivity index (χ0v) is 11.9. The molecule has 0 bridgehead atoms. The normalized spacial score (nSPS) is 18.1. The summed E-state index contributed by atoms with van der Waals surface area (Å²) < 4.78 is 5.50. The molecule has 4 nitrogen and oxygen atoms in total. The number of amidine groups is 1. The average molecular weight is 286 g/mol. The summed E-state index contributed by atoms with van der Waals surface area (Å²) in [5.41, 5.74) is 4.24. The number of furan rings is 1. The Kier molecular flexibility index (Phi) is 2.65. The van der Waals surface area contributed by atoms with E-state index in [-0.39, 0.29) is 6.61 Å². The second-order valence-corrected chi connectivity index (χ2v) is 6.04. The first-order chi connectivity index (χ1) is 9.78. The molecule has 2 aromatic rings. The van der Waals surface area contributed by atoms with Gasteiger partial charge >= 0.3 is 0 Å². The lowest BCUT2D eigenvalue weighted by atomic mass is 10.1. The number of aryl methyl sites for hydroxylation is 1. The monoisotopic (exact) mass is 286 g/mol. The number of fused-ring (bicyclic) bond motifs is 2. The van der Waals surface area contributed by atoms with Gasteiger partial charge in [-0.15, -0.1) is 0 Å². The summed E-state index contributed by atoms with van der Waals surface area (Å²) in [6, 6.07) is 6.19. The van der Waals surface area contributed by atoms with Crippen LogP contribution in [0.5, 0.6) is 0 Å². The summed E-state index contributed by atoms with van der Waals surface area (Å²) in [4.78, 5) is 7.65. The Morgan fingerprint density at radius 2 is 2.35 bits per heavy atom. The van der Waals surface area contributed by atoms with Crippen LogP contribution in [0.1, 0.15) is 11.1 Å². The van der Waals surface area contributed by atoms with Crippen LogP contribution in [0.3, 0.4) is 0 Å². The highest BCUT2D eigenvalue weighted by Gasteiger charge is 2.32. The Bertz CT molecular complexity index is 760. The summed E-state index contributed by atoms with van der Waals surface area (Å²) in [6.45, 7) is 3.82. The fraction of sp³-hybridized carbons (Fsp3) is 0.267. The fourth-order valence-corrected chi connectivity index (χ4v) is 3.82. The molecule has 0 unspecified atom stereocenters. The average Bonchev–Trinajstić information content (AvgIpc) is 3.12. The maximum atomic E-state index is 9.60. The molecule has 2 aliphatic rings. The number of hydrogen-bond donors (Lipinski definition) is 1. The lowest BCUT2D eigenvalue weighted by molar-refractivity contribution is 0.339. The van der Waals surface area contributed by atoms with Gasteiger partial charge < -0.3 is 14.4 Å². The Labute approximate surface area is 120 Å². The molecule has 5 heteroatoms. The van der Waals surface area contributed by atoms with Crippen molar-refractivity contribution < 1.29 is 9.52 Å². The van der Waals surface area contributed by atoms with Gasteiger partial charge in [0, 0.05) is 16.8 Å². The minimum absolute atomic E-state index is 0.0535. The van der Waals surface area contributed by atoms with Gasteiger partial charge in [0.05, 0.1) is 25.1 Å². The molecule has 102 valence electrons. The molecule has 2 aliphatic heterocycles. The molecule has 20 heavy (non-hydrogen) atoms. The van der Waals surface area contributed by atoms with Crippen molar-refractivity contribution in [2.75, 3.05) is 19.7 Å². The van der Waals surface area contributed by atoms with E-state index in [9.17, 15) is 5.11 Å². The molecule has 3 heterocycles. The second kappa shape index (κ2) is 4.40. The van der Waals surface area contributed by atoms with E-state index in [2.05, 4.69) is 22.0 Å². The number of aliphatic hydroxyl groups is 1. The van der Waals surface area contributed by atoms with Crippen molar-refractivity contribution in [3.05, 3.63) is 40.5 Å². The zero-order valence-electron chi connectivity index (χ0n) is 11.1. The van der Waals surface area contributed by atoms with E-state index in [0.29, 0.717) is 0 Å². The predicted molar refractivity (Wildman–Crippen MR) is 81.6 cm³/mol. The smallest absolute Gasteiger partial charge is 0.168 e. The van der Waals surface area contributed by atoms with Crippen LogP contribution in [-0.4, -0.2) is 34.9 Å². The third-order valence-corrected chi connectivity index (χ3v) is 4.84. The van der Waals surface area contributed by atoms with Crippen molar-refractivity contribution in [1.82, 2.24) is 4.90 Å². The van der Waals surface area contributed by atoms with Crippen LogP contribution in [0.4, 0.5) is 0 Å². The minimum atomic E-state index is 0.0535. The minimum Gasteiger partial charge on any atom is -0.464 e. The van der Waals surface area contributed by atoms with Crippen molar-refractivity contribution in [2.24, 2.45) is 4.99 Å². The molecule has 0 amide bonds. The molecule has 1 aromatic heterocycles. The van der Waals surface area contributed by atoms with E-state index in [1.165, 1.54) is 0 Å². The summed E-state index contributed by atoms with van der Waals surface area (Å²) >= 11 is 1.58. The molecule has 0 atom stereocenters. The first-order valence-corrected chi connectivity index (χ1v) is 7.41. The highest BCUT2D eigenvalue weighted by molar-refractivity contribution is 8.17. The van der Waals surface area contributed by atoms with E-state index < -0.39 is 0 Å². The number of rotatable bonds is 2. The lowest BCUT2D eigenvalue weighted by Crippen LogP contribution is -2.20. The van der Waals surface area contributed by atoms with Gasteiger partial charge in [0.1, 0.15) is 5.58 Å². The quantitative estimate of drug-likeness (QED) is 0.922. The van der Waals surface area contributed by atoms with E-state index in [0.717, 1.165) is 51.0 Å². The van der Waals surface area contributed by atoms with Gasteiger partial charge in [0.2, 0.25) is 0 Å². The second-order valence-electron chi connectivity index (χ2n) is 4.98. The number of aliphatic hydroxyl groups excluding tert-OH is 1. The van der Waals surface area contributed by atoms with Crippen molar-refractivity contribution >= 4 is 33.6 Å². The van der Waals surface area contributed by atoms with Crippen LogP contribution in [0.15, 0.2) is 38.8 Å². The van der Waals surface area contributed by atoms with E-state index in [1.807, 2.05) is 13.0 Å². The molecule has 4 rings (SSSR count). The lowest BCUT2D eigenvalue weighted by Gasteiger charge is -2.17. The highest BCUT2D eigenvalue weighted by atomic mass is 32.2. The van der Waals surface area contributed by atoms with Crippen LogP contribution in [0.2, 0.25) is 0 Å². The number of thioether (sulfide) groups is 1. The first-order valence-electron chi connectivity index (χ1n) is 6.60. The van der Waals surface area contributed by atoms with E-state index in [4.69, 9.17) is 4.42 Å². The SMILES string of the molecule is Cc1coc2ccc(C3=C(CO)SC4=NCCN43)cc12. The third-order valence-electron chi connectivity index (χ3n) is 3.73. The van der Waals surface area contributed by atoms with Crippen molar-refractivity contribution in [2.45, 2.75) is 6.92 Å². The van der Waals surface area contributed by atoms with Crippen molar-refractivity contribution in [3.63, 3.8) is 0 Å². The van der Waals surface area contributed by atoms with Crippen molar-refractivity contribution in [3.8, 4) is 0 Å². The van der Waals surface area contributed by atoms with Gasteiger partial charge in [-0.1, -0.05) is 11.8 Å². The first kappa shape index (κ1) is 12.1. The summed E-state index contributed by atoms with van der Waals surface area (Å²) in [6.07, 6.45) is 1.78. The van der Waals surface area contributed by atoms with Gasteiger partial charge in [-0.05, 0) is 36.2 Å². The predicted octanol–water partition coefficient (Wildman–Crippen LogP) is 2.82. The fourth-order valence-electron chi connectivity index (χ4n) is 2.76. The topological polar surface area (TPSA) is 49.0 Å². The molecule has 0 saturated heterocycles. The molecular weight excluding hydrogens is 272 g/mol. The Morgan fingerprint density at radius 3 is 3.20 bits per heavy atom. The van der Waals surface area contributed by atoms with Gasteiger partial charge in [-0.25, -0.2) is 0 Å². The Morgan fingerprint density at radius 1 is 1.45 bits per heavy atom. The van der Waals surface area contributed by atoms with Gasteiger partial charge in [0.25, 0.3) is 0 Å². The molecule has 0 fully saturated rings. The summed E-state index contributed by atoms with van der Waals surface area (Å²) in [7, 11) is 0. The molecule has 0 aliphatic carbocycles. The Balaban J connectivity index is 1.88. The molecule has 0 saturated carbocycles. The zero-order chi connectivity index (χ0) is 13.7. The standard InChI is InChI=1S/C15H14N2O2S/c1-9-8-19-12-3-2-10(6-11(9)12)14-13(7-18)20-15-16-4-5-17(14)15/h2-3,6,8,18H,4-5,7H2,1H3. The molecular formula is C15H14N2O2S. The number of nitrogens with zero attached hydrogens (tertiary/aromatic N) is 2. The molecule has 1 N–H and O–H groups in total. The maximum Gasteiger partial charge on any atom is 0.168 e. The Hall–Kier alpha value is -1.72. The maximum absolute atomic E-state index is 9.60. The van der Waals surface area contributed by atoms with Crippen molar-refractivity contribution in [1.29, 1.82) is 0 Å². The van der Waals surface area contributed by atoms with E-state index in [1.54, 1.807) is 18.0 Å². The third kappa shape index (κ3) is 1.63. The molecule has 0 spiro atoms.